The molecular formula is C13H17BrN2O. The molecule has 1 aliphatic heterocycles. The molecule has 1 atom stereocenters. The Morgan fingerprint density at radius 3 is 2.94 bits per heavy atom. The lowest BCUT2D eigenvalue weighted by molar-refractivity contribution is 0.0783. The van der Waals surface area contributed by atoms with E-state index in [0.717, 1.165) is 29.5 Å². The van der Waals surface area contributed by atoms with Gasteiger partial charge in [-0.25, -0.2) is 0 Å². The first-order chi connectivity index (χ1) is 8.18. The van der Waals surface area contributed by atoms with E-state index in [1.807, 2.05) is 31.3 Å². The van der Waals surface area contributed by atoms with Crippen LogP contribution in [0.4, 0.5) is 0 Å². The summed E-state index contributed by atoms with van der Waals surface area (Å²) in [5.41, 5.74) is 0.730. The van der Waals surface area contributed by atoms with Gasteiger partial charge in [-0.1, -0.05) is 12.1 Å². The number of likely N-dealkylation sites (N-methyl/N-ethyl adjacent to an activating group) is 1. The van der Waals surface area contributed by atoms with Crippen LogP contribution in [0.5, 0.6) is 0 Å². The molecule has 1 aliphatic rings. The number of hydrogen-bond acceptors (Lipinski definition) is 2. The van der Waals surface area contributed by atoms with E-state index in [9.17, 15) is 4.79 Å². The van der Waals surface area contributed by atoms with Crippen LogP contribution < -0.4 is 5.32 Å². The normalized spacial score (nSPS) is 19.3. The van der Waals surface area contributed by atoms with Gasteiger partial charge in [0.05, 0.1) is 5.56 Å². The highest BCUT2D eigenvalue weighted by atomic mass is 79.9. The Bertz CT molecular complexity index is 402. The Labute approximate surface area is 110 Å². The second-order valence-corrected chi connectivity index (χ2v) is 5.31. The predicted octanol–water partition coefficient (Wildman–Crippen LogP) is 2.27. The summed E-state index contributed by atoms with van der Waals surface area (Å²) in [7, 11) is 1.86. The van der Waals surface area contributed by atoms with Crippen molar-refractivity contribution in [1.82, 2.24) is 10.2 Å². The number of nitrogens with one attached hydrogen (secondary N) is 1. The first kappa shape index (κ1) is 12.6. The fourth-order valence-corrected chi connectivity index (χ4v) is 2.62. The third-order valence-electron chi connectivity index (χ3n) is 3.11. The van der Waals surface area contributed by atoms with Crippen LogP contribution in [0.25, 0.3) is 0 Å². The average Bonchev–Trinajstić information content (AvgIpc) is 2.81. The second-order valence-electron chi connectivity index (χ2n) is 4.46. The van der Waals surface area contributed by atoms with E-state index in [1.54, 1.807) is 4.90 Å². The highest BCUT2D eigenvalue weighted by molar-refractivity contribution is 9.10. The van der Waals surface area contributed by atoms with Crippen LogP contribution in [-0.2, 0) is 0 Å². The third-order valence-corrected chi connectivity index (χ3v) is 3.80. The zero-order valence-corrected chi connectivity index (χ0v) is 11.5. The molecule has 0 spiro atoms. The summed E-state index contributed by atoms with van der Waals surface area (Å²) >= 11 is 3.41. The molecule has 1 amide bonds. The van der Waals surface area contributed by atoms with Gasteiger partial charge in [0.15, 0.2) is 0 Å². The monoisotopic (exact) mass is 296 g/mol. The molecule has 1 N–H and O–H groups in total. The number of hydrogen-bond donors (Lipinski definition) is 1. The molecule has 1 unspecified atom stereocenters. The van der Waals surface area contributed by atoms with Gasteiger partial charge in [-0.3, -0.25) is 4.79 Å². The van der Waals surface area contributed by atoms with Crippen LogP contribution >= 0.6 is 15.9 Å². The van der Waals surface area contributed by atoms with E-state index in [4.69, 9.17) is 0 Å². The molecule has 0 aromatic heterocycles. The fourth-order valence-electron chi connectivity index (χ4n) is 2.17. The van der Waals surface area contributed by atoms with Gasteiger partial charge < -0.3 is 10.2 Å². The molecule has 4 heteroatoms. The summed E-state index contributed by atoms with van der Waals surface area (Å²) in [6.45, 7) is 1.85. The quantitative estimate of drug-likeness (QED) is 0.928. The van der Waals surface area contributed by atoms with Crippen LogP contribution in [0, 0.1) is 0 Å². The van der Waals surface area contributed by atoms with Gasteiger partial charge >= 0.3 is 0 Å². The summed E-state index contributed by atoms with van der Waals surface area (Å²) < 4.78 is 0.858. The number of nitrogens with zero attached hydrogens (tertiary/aromatic N) is 1. The Hall–Kier alpha value is -0.870. The highest BCUT2D eigenvalue weighted by Gasteiger charge is 2.20. The van der Waals surface area contributed by atoms with Gasteiger partial charge in [0.1, 0.15) is 0 Å². The zero-order valence-electron chi connectivity index (χ0n) is 9.95. The zero-order chi connectivity index (χ0) is 12.3. The smallest absolute Gasteiger partial charge is 0.254 e. The minimum Gasteiger partial charge on any atom is -0.340 e. The molecular weight excluding hydrogens is 280 g/mol. The van der Waals surface area contributed by atoms with Crippen LogP contribution in [0.3, 0.4) is 0 Å². The maximum Gasteiger partial charge on any atom is 0.254 e. The first-order valence-electron chi connectivity index (χ1n) is 5.92. The third kappa shape index (κ3) is 3.07. The van der Waals surface area contributed by atoms with Gasteiger partial charge in [-0.2, -0.15) is 0 Å². The standard InChI is InChI=1S/C13H17BrN2O/c1-16(9-10-5-4-8-15-10)13(17)11-6-2-3-7-12(11)14/h2-3,6-7,10,15H,4-5,8-9H2,1H3. The van der Waals surface area contributed by atoms with Crippen molar-refractivity contribution in [1.29, 1.82) is 0 Å². The lowest BCUT2D eigenvalue weighted by Crippen LogP contribution is -2.38. The van der Waals surface area contributed by atoms with Crippen molar-refractivity contribution < 1.29 is 4.79 Å². The molecule has 1 fully saturated rings. The number of carbonyl (C=O) groups is 1. The summed E-state index contributed by atoms with van der Waals surface area (Å²) in [6, 6.07) is 8.00. The van der Waals surface area contributed by atoms with Crippen molar-refractivity contribution in [3.63, 3.8) is 0 Å². The largest absolute Gasteiger partial charge is 0.340 e. The molecule has 0 aliphatic carbocycles. The summed E-state index contributed by atoms with van der Waals surface area (Å²) in [6.07, 6.45) is 2.37. The van der Waals surface area contributed by atoms with Crippen molar-refractivity contribution in [3.05, 3.63) is 34.3 Å². The number of amides is 1. The number of halogens is 1. The molecule has 1 saturated heterocycles. The van der Waals surface area contributed by atoms with Crippen molar-refractivity contribution in [2.75, 3.05) is 20.1 Å². The second kappa shape index (κ2) is 5.65. The molecule has 0 saturated carbocycles. The van der Waals surface area contributed by atoms with Crippen LogP contribution in [0.2, 0.25) is 0 Å². The van der Waals surface area contributed by atoms with E-state index in [1.165, 1.54) is 6.42 Å². The maximum atomic E-state index is 12.2. The van der Waals surface area contributed by atoms with Gasteiger partial charge in [0.25, 0.3) is 5.91 Å². The Morgan fingerprint density at radius 2 is 2.29 bits per heavy atom. The van der Waals surface area contributed by atoms with E-state index in [0.29, 0.717) is 6.04 Å². The van der Waals surface area contributed by atoms with Crippen molar-refractivity contribution in [2.45, 2.75) is 18.9 Å². The van der Waals surface area contributed by atoms with E-state index >= 15 is 0 Å². The molecule has 1 aromatic rings. The number of rotatable bonds is 3. The average molecular weight is 297 g/mol. The summed E-state index contributed by atoms with van der Waals surface area (Å²) in [4.78, 5) is 14.0. The van der Waals surface area contributed by atoms with Crippen molar-refractivity contribution in [2.24, 2.45) is 0 Å². The van der Waals surface area contributed by atoms with Crippen LogP contribution in [0.1, 0.15) is 23.2 Å². The minimum absolute atomic E-state index is 0.0752. The van der Waals surface area contributed by atoms with Gasteiger partial charge in [0.2, 0.25) is 0 Å². The molecule has 1 heterocycles. The molecule has 17 heavy (non-hydrogen) atoms. The Balaban J connectivity index is 2.01. The maximum absolute atomic E-state index is 12.2. The first-order valence-corrected chi connectivity index (χ1v) is 6.71. The van der Waals surface area contributed by atoms with Gasteiger partial charge in [-0.15, -0.1) is 0 Å². The van der Waals surface area contributed by atoms with Crippen LogP contribution in [0.15, 0.2) is 28.7 Å². The van der Waals surface area contributed by atoms with Gasteiger partial charge in [0, 0.05) is 24.1 Å². The van der Waals surface area contributed by atoms with Crippen molar-refractivity contribution in [3.8, 4) is 0 Å². The molecule has 0 radical (unpaired) electrons. The fraction of sp³-hybridized carbons (Fsp3) is 0.462. The lowest BCUT2D eigenvalue weighted by Gasteiger charge is -2.21. The molecule has 0 bridgehead atoms. The summed E-state index contributed by atoms with van der Waals surface area (Å²) in [5.74, 6) is 0.0752. The van der Waals surface area contributed by atoms with Crippen LogP contribution in [-0.4, -0.2) is 37.0 Å². The molecule has 92 valence electrons. The van der Waals surface area contributed by atoms with E-state index in [2.05, 4.69) is 21.2 Å². The van der Waals surface area contributed by atoms with Crippen molar-refractivity contribution >= 4 is 21.8 Å². The van der Waals surface area contributed by atoms with E-state index < -0.39 is 0 Å². The highest BCUT2D eigenvalue weighted by Crippen LogP contribution is 2.18. The number of carbonyl (C=O) groups excluding carboxylic acids is 1. The molecule has 3 nitrogen and oxygen atoms in total. The Morgan fingerprint density at radius 1 is 1.53 bits per heavy atom. The van der Waals surface area contributed by atoms with E-state index in [-0.39, 0.29) is 5.91 Å². The molecule has 1 aromatic carbocycles. The van der Waals surface area contributed by atoms with Gasteiger partial charge in [-0.05, 0) is 47.4 Å². The SMILES string of the molecule is CN(CC1CCCN1)C(=O)c1ccccc1Br. The lowest BCUT2D eigenvalue weighted by atomic mass is 10.1. The minimum atomic E-state index is 0.0752. The number of benzene rings is 1. The summed E-state index contributed by atoms with van der Waals surface area (Å²) in [5, 5.41) is 3.40. The Kier molecular flexibility index (Phi) is 4.18. The predicted molar refractivity (Wildman–Crippen MR) is 72.1 cm³/mol. The topological polar surface area (TPSA) is 32.3 Å². The molecule has 2 rings (SSSR count).